The van der Waals surface area contributed by atoms with Gasteiger partial charge in [-0.25, -0.2) is 4.98 Å². The van der Waals surface area contributed by atoms with Crippen LogP contribution in [0.3, 0.4) is 0 Å². The van der Waals surface area contributed by atoms with Crippen molar-refractivity contribution in [3.63, 3.8) is 0 Å². The Morgan fingerprint density at radius 2 is 1.83 bits per heavy atom. The third-order valence-electron chi connectivity index (χ3n) is 4.61. The Morgan fingerprint density at radius 1 is 1.07 bits per heavy atom. The number of thiazole rings is 1. The molecule has 0 bridgehead atoms. The van der Waals surface area contributed by atoms with E-state index in [1.165, 1.54) is 16.2 Å². The number of thiophene rings is 1. The SMILES string of the molecule is O=C(c1csc(COc2ccc(Cl)cc2)n1)N1CCN(Cc2ccc(Cl)s2)CC1. The monoisotopic (exact) mass is 467 g/mol. The van der Waals surface area contributed by atoms with Crippen molar-refractivity contribution in [2.45, 2.75) is 13.2 Å². The molecule has 1 aromatic carbocycles. The topological polar surface area (TPSA) is 45.7 Å². The van der Waals surface area contributed by atoms with Gasteiger partial charge in [0.2, 0.25) is 0 Å². The lowest BCUT2D eigenvalue weighted by molar-refractivity contribution is 0.0624. The molecule has 1 saturated heterocycles. The number of carbonyl (C=O) groups is 1. The molecule has 0 atom stereocenters. The van der Waals surface area contributed by atoms with Crippen LogP contribution in [0.4, 0.5) is 0 Å². The van der Waals surface area contributed by atoms with Crippen molar-refractivity contribution in [3.05, 3.63) is 66.7 Å². The van der Waals surface area contributed by atoms with Gasteiger partial charge >= 0.3 is 0 Å². The summed E-state index contributed by atoms with van der Waals surface area (Å²) in [5, 5.41) is 3.25. The summed E-state index contributed by atoms with van der Waals surface area (Å²) < 4.78 is 6.52. The van der Waals surface area contributed by atoms with Crippen molar-refractivity contribution in [1.29, 1.82) is 0 Å². The zero-order valence-electron chi connectivity index (χ0n) is 15.5. The summed E-state index contributed by atoms with van der Waals surface area (Å²) in [5.74, 6) is 0.707. The molecule has 0 radical (unpaired) electrons. The molecule has 0 unspecified atom stereocenters. The summed E-state index contributed by atoms with van der Waals surface area (Å²) in [4.78, 5) is 22.7. The largest absolute Gasteiger partial charge is 0.486 e. The maximum Gasteiger partial charge on any atom is 0.273 e. The number of aromatic nitrogens is 1. The Hall–Kier alpha value is -1.64. The van der Waals surface area contributed by atoms with Crippen molar-refractivity contribution >= 4 is 51.8 Å². The fourth-order valence-electron chi connectivity index (χ4n) is 3.08. The molecule has 1 amide bonds. The van der Waals surface area contributed by atoms with E-state index < -0.39 is 0 Å². The van der Waals surface area contributed by atoms with Gasteiger partial charge in [0.15, 0.2) is 0 Å². The Labute approximate surface area is 187 Å². The molecule has 9 heteroatoms. The smallest absolute Gasteiger partial charge is 0.273 e. The second-order valence-electron chi connectivity index (χ2n) is 6.64. The summed E-state index contributed by atoms with van der Waals surface area (Å²) in [6.45, 7) is 4.30. The maximum absolute atomic E-state index is 12.8. The van der Waals surface area contributed by atoms with E-state index in [0.29, 0.717) is 30.4 Å². The highest BCUT2D eigenvalue weighted by Gasteiger charge is 2.24. The molecule has 4 rings (SSSR count). The van der Waals surface area contributed by atoms with E-state index in [0.717, 1.165) is 34.7 Å². The molecule has 0 aliphatic carbocycles. The lowest BCUT2D eigenvalue weighted by Gasteiger charge is -2.34. The molecule has 152 valence electrons. The fraction of sp³-hybridized carbons (Fsp3) is 0.300. The van der Waals surface area contributed by atoms with Gasteiger partial charge in [-0.05, 0) is 36.4 Å². The van der Waals surface area contributed by atoms with Gasteiger partial charge in [-0.2, -0.15) is 0 Å². The first kappa shape index (κ1) is 20.6. The summed E-state index contributed by atoms with van der Waals surface area (Å²) in [7, 11) is 0. The van der Waals surface area contributed by atoms with Crippen molar-refractivity contribution in [3.8, 4) is 5.75 Å². The zero-order chi connectivity index (χ0) is 20.2. The fourth-order valence-corrected chi connectivity index (χ4v) is 5.01. The van der Waals surface area contributed by atoms with Crippen molar-refractivity contribution in [1.82, 2.24) is 14.8 Å². The number of carbonyl (C=O) groups excluding carboxylic acids is 1. The molecular weight excluding hydrogens is 449 g/mol. The quantitative estimate of drug-likeness (QED) is 0.508. The minimum absolute atomic E-state index is 0.0159. The minimum atomic E-state index is -0.0159. The van der Waals surface area contributed by atoms with Gasteiger partial charge in [-0.1, -0.05) is 23.2 Å². The highest BCUT2D eigenvalue weighted by molar-refractivity contribution is 7.16. The molecule has 1 fully saturated rings. The molecule has 3 heterocycles. The lowest BCUT2D eigenvalue weighted by atomic mass is 10.2. The first-order valence-electron chi connectivity index (χ1n) is 9.15. The number of halogens is 2. The molecule has 3 aromatic rings. The second-order valence-corrected chi connectivity index (χ2v) is 9.82. The van der Waals surface area contributed by atoms with Crippen molar-refractivity contribution < 1.29 is 9.53 Å². The van der Waals surface area contributed by atoms with Gasteiger partial charge in [-0.3, -0.25) is 9.69 Å². The molecule has 1 aliphatic heterocycles. The maximum atomic E-state index is 12.8. The Balaban J connectivity index is 1.27. The molecule has 0 N–H and O–H groups in total. The third-order valence-corrected chi connectivity index (χ3v) is 6.90. The molecule has 1 aliphatic rings. The third kappa shape index (κ3) is 5.49. The van der Waals surface area contributed by atoms with Gasteiger partial charge < -0.3 is 9.64 Å². The summed E-state index contributed by atoms with van der Waals surface area (Å²) >= 11 is 14.9. The standard InChI is InChI=1S/C20H19Cl2N3O2S2/c21-14-1-3-15(4-2-14)27-12-19-23-17(13-28-19)20(26)25-9-7-24(8-10-25)11-16-5-6-18(22)29-16/h1-6,13H,7-12H2. The molecule has 0 saturated carbocycles. The molecule has 29 heavy (non-hydrogen) atoms. The van der Waals surface area contributed by atoms with Crippen LogP contribution in [-0.2, 0) is 13.2 Å². The summed E-state index contributed by atoms with van der Waals surface area (Å²) in [6, 6.07) is 11.2. The Morgan fingerprint density at radius 3 is 2.52 bits per heavy atom. The van der Waals surface area contributed by atoms with Crippen LogP contribution in [0.2, 0.25) is 9.36 Å². The van der Waals surface area contributed by atoms with Gasteiger partial charge in [0.05, 0.1) is 4.34 Å². The average molecular weight is 468 g/mol. The zero-order valence-corrected chi connectivity index (χ0v) is 18.7. The van der Waals surface area contributed by atoms with E-state index >= 15 is 0 Å². The first-order valence-corrected chi connectivity index (χ1v) is 11.6. The average Bonchev–Trinajstić information content (AvgIpc) is 3.37. The van der Waals surface area contributed by atoms with Crippen LogP contribution in [0.1, 0.15) is 20.4 Å². The van der Waals surface area contributed by atoms with E-state index in [2.05, 4.69) is 16.0 Å². The van der Waals surface area contributed by atoms with Crippen LogP contribution >= 0.6 is 45.9 Å². The van der Waals surface area contributed by atoms with Crippen LogP contribution in [0.5, 0.6) is 5.75 Å². The predicted octanol–water partition coefficient (Wildman–Crippen LogP) is 5.05. The Bertz CT molecular complexity index is 966. The van der Waals surface area contributed by atoms with Crippen LogP contribution in [0, 0.1) is 0 Å². The van der Waals surface area contributed by atoms with E-state index in [4.69, 9.17) is 27.9 Å². The number of hydrogen-bond donors (Lipinski definition) is 0. The van der Waals surface area contributed by atoms with Gasteiger partial charge in [-0.15, -0.1) is 22.7 Å². The van der Waals surface area contributed by atoms with E-state index in [1.807, 2.05) is 28.5 Å². The van der Waals surface area contributed by atoms with Crippen molar-refractivity contribution in [2.75, 3.05) is 26.2 Å². The van der Waals surface area contributed by atoms with Gasteiger partial charge in [0.25, 0.3) is 5.91 Å². The number of nitrogens with zero attached hydrogens (tertiary/aromatic N) is 3. The number of ether oxygens (including phenoxy) is 1. The summed E-state index contributed by atoms with van der Waals surface area (Å²) in [6.07, 6.45) is 0. The number of hydrogen-bond acceptors (Lipinski definition) is 6. The summed E-state index contributed by atoms with van der Waals surface area (Å²) in [5.41, 5.74) is 0.489. The molecule has 5 nitrogen and oxygen atoms in total. The number of benzene rings is 1. The number of rotatable bonds is 6. The number of piperazine rings is 1. The predicted molar refractivity (Wildman–Crippen MR) is 118 cm³/mol. The van der Waals surface area contributed by atoms with E-state index in [-0.39, 0.29) is 5.91 Å². The highest BCUT2D eigenvalue weighted by atomic mass is 35.5. The van der Waals surface area contributed by atoms with Crippen LogP contribution < -0.4 is 4.74 Å². The van der Waals surface area contributed by atoms with Crippen molar-refractivity contribution in [2.24, 2.45) is 0 Å². The number of amides is 1. The molecule has 2 aromatic heterocycles. The molecule has 0 spiro atoms. The van der Waals surface area contributed by atoms with Crippen LogP contribution in [0.25, 0.3) is 0 Å². The van der Waals surface area contributed by atoms with E-state index in [1.54, 1.807) is 23.5 Å². The van der Waals surface area contributed by atoms with Gasteiger partial charge in [0, 0.05) is 48.0 Å². The van der Waals surface area contributed by atoms with Crippen LogP contribution in [-0.4, -0.2) is 46.9 Å². The van der Waals surface area contributed by atoms with Crippen LogP contribution in [0.15, 0.2) is 41.8 Å². The normalized spacial score (nSPS) is 14.9. The lowest BCUT2D eigenvalue weighted by Crippen LogP contribution is -2.48. The second kappa shape index (κ2) is 9.45. The van der Waals surface area contributed by atoms with E-state index in [9.17, 15) is 4.79 Å². The van der Waals surface area contributed by atoms with Gasteiger partial charge in [0.1, 0.15) is 23.1 Å². The highest BCUT2D eigenvalue weighted by Crippen LogP contribution is 2.23. The Kier molecular flexibility index (Phi) is 6.72. The molecular formula is C20H19Cl2N3O2S2. The minimum Gasteiger partial charge on any atom is -0.486 e. The first-order chi connectivity index (χ1) is 14.1.